The Balaban J connectivity index is 2.78. The second-order valence-electron chi connectivity index (χ2n) is 4.21. The van der Waals surface area contributed by atoms with E-state index in [1.807, 2.05) is 0 Å². The molecule has 1 fully saturated rings. The summed E-state index contributed by atoms with van der Waals surface area (Å²) in [5.41, 5.74) is 0. The van der Waals surface area contributed by atoms with E-state index in [9.17, 15) is 0 Å². The normalized spacial score (nSPS) is 43.3. The third-order valence-electron chi connectivity index (χ3n) is 3.42. The molecule has 80 valence electrons. The molecule has 1 N–H and O–H groups in total. The van der Waals surface area contributed by atoms with Crippen molar-refractivity contribution < 1.29 is 4.74 Å². The van der Waals surface area contributed by atoms with E-state index in [1.54, 1.807) is 0 Å². The van der Waals surface area contributed by atoms with Gasteiger partial charge in [-0.25, -0.2) is 0 Å². The average molecular weight is 215 g/mol. The summed E-state index contributed by atoms with van der Waals surface area (Å²) in [6.07, 6.45) is 1.61. The van der Waals surface area contributed by atoms with Crippen LogP contribution in [-0.4, -0.2) is 18.2 Å². The molecule has 0 aliphatic carbocycles. The van der Waals surface area contributed by atoms with Crippen LogP contribution in [0.5, 0.6) is 0 Å². The van der Waals surface area contributed by atoms with Gasteiger partial charge in [0.1, 0.15) is 0 Å². The minimum absolute atomic E-state index is 0.170. The first-order valence-corrected chi connectivity index (χ1v) is 6.18. The predicted octanol–water partition coefficient (Wildman–Crippen LogP) is 3.72. The van der Waals surface area contributed by atoms with Crippen molar-refractivity contribution in [2.24, 2.45) is 16.6 Å². The number of nitrogens with zero attached hydrogens (tertiary/aromatic N) is 1. The molecule has 0 amide bonds. The quantitative estimate of drug-likeness (QED) is 0.701. The van der Waals surface area contributed by atoms with Gasteiger partial charge in [-0.2, -0.15) is 0 Å². The van der Waals surface area contributed by atoms with Gasteiger partial charge in [0.25, 0.3) is 0 Å². The third kappa shape index (κ3) is 2.32. The molecule has 5 atom stereocenters. The summed E-state index contributed by atoms with van der Waals surface area (Å²) in [5, 5.41) is 7.13. The zero-order valence-electron chi connectivity index (χ0n) is 9.40. The molecule has 2 unspecified atom stereocenters. The Bertz CT molecular complexity index is 240. The summed E-state index contributed by atoms with van der Waals surface area (Å²) in [5.74, 6) is 1.08. The van der Waals surface area contributed by atoms with Gasteiger partial charge in [-0.15, -0.1) is 0 Å². The molecular weight excluding hydrogens is 195 g/mol. The van der Waals surface area contributed by atoms with Gasteiger partial charge in [0.05, 0.1) is 0 Å². The van der Waals surface area contributed by atoms with Crippen molar-refractivity contribution in [3.05, 3.63) is 0 Å². The molecule has 1 saturated heterocycles. The number of hydrogen-bond acceptors (Lipinski definition) is 3. The maximum absolute atomic E-state index is 7.13. The van der Waals surface area contributed by atoms with E-state index >= 15 is 0 Å². The Morgan fingerprint density at radius 1 is 1.29 bits per heavy atom. The number of hydrogen-bond donors (Lipinski definition) is 1. The summed E-state index contributed by atoms with van der Waals surface area (Å²) >= 11 is 0. The van der Waals surface area contributed by atoms with Gasteiger partial charge in [-0.05, 0) is 0 Å². The molecule has 0 spiro atoms. The molecule has 14 heavy (non-hydrogen) atoms. The Morgan fingerprint density at radius 3 is 2.43 bits per heavy atom. The van der Waals surface area contributed by atoms with Crippen LogP contribution in [0.15, 0.2) is 4.74 Å². The zero-order valence-corrected chi connectivity index (χ0v) is 10.3. The van der Waals surface area contributed by atoms with Crippen molar-refractivity contribution in [1.29, 1.82) is 5.16 Å². The van der Waals surface area contributed by atoms with Gasteiger partial charge in [0.15, 0.2) is 0 Å². The average Bonchev–Trinajstić information content (AvgIpc) is 2.18. The molecule has 0 aromatic rings. The molecule has 0 saturated carbocycles. The van der Waals surface area contributed by atoms with Crippen LogP contribution in [-0.2, 0) is 4.74 Å². The van der Waals surface area contributed by atoms with E-state index in [1.165, 1.54) is 0 Å². The van der Waals surface area contributed by atoms with E-state index < -0.39 is 0 Å². The molecule has 4 heteroatoms. The fourth-order valence-electron chi connectivity index (χ4n) is 2.29. The fourth-order valence-corrected chi connectivity index (χ4v) is 2.82. The fraction of sp³-hybridized carbons (Fsp3) is 1.00. The second kappa shape index (κ2) is 5.18. The van der Waals surface area contributed by atoms with Crippen molar-refractivity contribution in [2.45, 2.75) is 52.4 Å². The number of rotatable bonds is 2. The zero-order chi connectivity index (χ0) is 10.7. The van der Waals surface area contributed by atoms with Gasteiger partial charge < -0.3 is 0 Å². The van der Waals surface area contributed by atoms with E-state index in [0.717, 1.165) is 6.42 Å². The molecule has 1 heterocycles. The van der Waals surface area contributed by atoms with Crippen molar-refractivity contribution in [3.63, 3.8) is 0 Å². The first-order chi connectivity index (χ1) is 6.61. The molecular formula is C10H20N2OP+. The Labute approximate surface area is 87.6 Å². The molecule has 0 aromatic carbocycles. The molecule has 0 bridgehead atoms. The van der Waals surface area contributed by atoms with Gasteiger partial charge >= 0.3 is 87.0 Å². The molecule has 1 aliphatic heterocycles. The van der Waals surface area contributed by atoms with Crippen LogP contribution in [0, 0.1) is 17.0 Å². The van der Waals surface area contributed by atoms with Crippen LogP contribution in [0.25, 0.3) is 0 Å². The van der Waals surface area contributed by atoms with Crippen LogP contribution in [0.1, 0.15) is 34.1 Å². The van der Waals surface area contributed by atoms with Gasteiger partial charge in [-0.1, -0.05) is 0 Å². The van der Waals surface area contributed by atoms with Gasteiger partial charge in [0, 0.05) is 0 Å². The molecule has 1 rings (SSSR count). The second-order valence-corrected chi connectivity index (χ2v) is 4.64. The van der Waals surface area contributed by atoms with Crippen LogP contribution in [0.4, 0.5) is 0 Å². The monoisotopic (exact) mass is 215 g/mol. The Morgan fingerprint density at radius 2 is 1.93 bits per heavy atom. The first-order valence-electron chi connectivity index (χ1n) is 5.33. The van der Waals surface area contributed by atoms with Crippen molar-refractivity contribution in [2.75, 3.05) is 0 Å². The topological polar surface area (TPSA) is 45.4 Å². The Hall–Kier alpha value is -0.0100. The standard InChI is InChI=1S/C10H20N2OP/c1-5-9-6(2)7(3)10(12-14-11)8(4)13-9/h6-11H,5H2,1-4H3/q+1/t6-,7-,8-,9?,10?/m0/s1. The number of nitrogens with one attached hydrogen (secondary N) is 1. The molecule has 3 nitrogen and oxygen atoms in total. The van der Waals surface area contributed by atoms with Gasteiger partial charge in [0.2, 0.25) is 0 Å². The number of ether oxygens (including phenoxy) is 1. The maximum atomic E-state index is 7.13. The summed E-state index contributed by atoms with van der Waals surface area (Å²) < 4.78 is 10.2. The van der Waals surface area contributed by atoms with E-state index in [4.69, 9.17) is 9.90 Å². The van der Waals surface area contributed by atoms with E-state index in [-0.39, 0.29) is 12.1 Å². The SMILES string of the molecule is CCC1O[C@@H](C)C(N=[P+]=N)[C@@H](C)[C@@H]1C. The van der Waals surface area contributed by atoms with Crippen molar-refractivity contribution in [1.82, 2.24) is 0 Å². The molecule has 0 radical (unpaired) electrons. The van der Waals surface area contributed by atoms with Gasteiger partial charge in [-0.3, -0.25) is 0 Å². The van der Waals surface area contributed by atoms with Crippen LogP contribution in [0.3, 0.4) is 0 Å². The summed E-state index contributed by atoms with van der Waals surface area (Å²) in [7, 11) is 0.380. The van der Waals surface area contributed by atoms with Crippen LogP contribution in [0.2, 0.25) is 0 Å². The Kier molecular flexibility index (Phi) is 4.46. The molecule has 0 aromatic heterocycles. The van der Waals surface area contributed by atoms with Crippen LogP contribution >= 0.6 is 8.16 Å². The minimum atomic E-state index is 0.170. The molecule has 1 aliphatic rings. The van der Waals surface area contributed by atoms with Crippen molar-refractivity contribution >= 4 is 8.16 Å². The summed E-state index contributed by atoms with van der Waals surface area (Å²) in [6, 6.07) is 0.201. The third-order valence-corrected chi connectivity index (χ3v) is 3.80. The van der Waals surface area contributed by atoms with E-state index in [0.29, 0.717) is 26.1 Å². The predicted molar refractivity (Wildman–Crippen MR) is 58.8 cm³/mol. The first kappa shape index (κ1) is 12.1. The van der Waals surface area contributed by atoms with Crippen LogP contribution < -0.4 is 0 Å². The van der Waals surface area contributed by atoms with Crippen molar-refractivity contribution in [3.8, 4) is 0 Å². The summed E-state index contributed by atoms with van der Waals surface area (Å²) in [4.78, 5) is 0. The summed E-state index contributed by atoms with van der Waals surface area (Å²) in [6.45, 7) is 8.70. The van der Waals surface area contributed by atoms with E-state index in [2.05, 4.69) is 32.4 Å².